The van der Waals surface area contributed by atoms with Crippen molar-refractivity contribution in [2.45, 2.75) is 72.3 Å². The summed E-state index contributed by atoms with van der Waals surface area (Å²) in [6.45, 7) is 8.04. The third kappa shape index (κ3) is 2.41. The quantitative estimate of drug-likeness (QED) is 0.814. The van der Waals surface area contributed by atoms with E-state index in [0.29, 0.717) is 18.4 Å². The normalized spacial score (nSPS) is 40.2. The van der Waals surface area contributed by atoms with Crippen molar-refractivity contribution >= 4 is 11.6 Å². The van der Waals surface area contributed by atoms with Gasteiger partial charge in [0.1, 0.15) is 0 Å². The second-order valence-electron chi connectivity index (χ2n) is 9.42. The molecule has 0 aliphatic heterocycles. The predicted molar refractivity (Wildman–Crippen MR) is 91.3 cm³/mol. The highest BCUT2D eigenvalue weighted by atomic mass is 16.3. The molecule has 3 aliphatic rings. The van der Waals surface area contributed by atoms with Gasteiger partial charge in [-0.1, -0.05) is 34.1 Å². The van der Waals surface area contributed by atoms with E-state index >= 15 is 0 Å². The van der Waals surface area contributed by atoms with Crippen molar-refractivity contribution in [2.75, 3.05) is 6.61 Å². The number of aliphatic hydroxyl groups is 2. The summed E-state index contributed by atoms with van der Waals surface area (Å²) in [4.78, 5) is 26.0. The number of ketones is 2. The molecule has 4 atom stereocenters. The molecule has 0 saturated heterocycles. The zero-order valence-electron chi connectivity index (χ0n) is 15.3. The van der Waals surface area contributed by atoms with Crippen LogP contribution < -0.4 is 0 Å². The molecule has 0 radical (unpaired) electrons. The topological polar surface area (TPSA) is 74.6 Å². The van der Waals surface area contributed by atoms with Crippen LogP contribution in [0, 0.1) is 22.2 Å². The van der Waals surface area contributed by atoms with Gasteiger partial charge in [0.05, 0.1) is 12.7 Å². The molecule has 2 N–H and O–H groups in total. The predicted octanol–water partition coefficient (Wildman–Crippen LogP) is 2.81. The third-order valence-electron chi connectivity index (χ3n) is 7.23. The van der Waals surface area contributed by atoms with Crippen molar-refractivity contribution in [2.24, 2.45) is 22.2 Å². The molecular formula is C20H30O4. The Morgan fingerprint density at radius 3 is 2.38 bits per heavy atom. The number of aliphatic hydroxyl groups excluding tert-OH is 2. The summed E-state index contributed by atoms with van der Waals surface area (Å²) in [5.74, 6) is 0.289. The van der Waals surface area contributed by atoms with Crippen LogP contribution in [0.2, 0.25) is 0 Å². The molecule has 0 unspecified atom stereocenters. The SMILES string of the molecule is CC1(C)CCC[C@]2(C)C3=C(C[C@](C)([C@H](O)CO)CC3=O)C(=O)C[C@@H]12. The molecule has 0 heterocycles. The average molecular weight is 334 g/mol. The van der Waals surface area contributed by atoms with Crippen molar-refractivity contribution < 1.29 is 19.8 Å². The van der Waals surface area contributed by atoms with Crippen molar-refractivity contribution in [1.82, 2.24) is 0 Å². The second-order valence-corrected chi connectivity index (χ2v) is 9.42. The van der Waals surface area contributed by atoms with Crippen LogP contribution in [0.3, 0.4) is 0 Å². The van der Waals surface area contributed by atoms with Gasteiger partial charge in [0.2, 0.25) is 0 Å². The lowest BCUT2D eigenvalue weighted by atomic mass is 9.47. The molecule has 1 saturated carbocycles. The molecule has 4 heteroatoms. The van der Waals surface area contributed by atoms with E-state index in [1.165, 1.54) is 0 Å². The molecule has 0 aromatic carbocycles. The molecule has 4 nitrogen and oxygen atoms in total. The van der Waals surface area contributed by atoms with Gasteiger partial charge in [0.15, 0.2) is 11.6 Å². The zero-order valence-corrected chi connectivity index (χ0v) is 15.3. The average Bonchev–Trinajstić information content (AvgIpc) is 2.48. The fraction of sp³-hybridized carbons (Fsp3) is 0.800. The largest absolute Gasteiger partial charge is 0.394 e. The van der Waals surface area contributed by atoms with E-state index in [1.54, 1.807) is 0 Å². The lowest BCUT2D eigenvalue weighted by Gasteiger charge is -2.56. The molecule has 0 aromatic rings. The Bertz CT molecular complexity index is 617. The highest BCUT2D eigenvalue weighted by Gasteiger charge is 2.57. The Labute approximate surface area is 144 Å². The summed E-state index contributed by atoms with van der Waals surface area (Å²) < 4.78 is 0. The minimum atomic E-state index is -0.975. The fourth-order valence-electron chi connectivity index (χ4n) is 5.77. The molecule has 0 aromatic heterocycles. The van der Waals surface area contributed by atoms with E-state index in [9.17, 15) is 19.8 Å². The number of carbonyl (C=O) groups is 2. The summed E-state index contributed by atoms with van der Waals surface area (Å²) >= 11 is 0. The Balaban J connectivity index is 2.10. The number of rotatable bonds is 2. The molecule has 3 aliphatic carbocycles. The second kappa shape index (κ2) is 5.50. The molecule has 24 heavy (non-hydrogen) atoms. The van der Waals surface area contributed by atoms with Crippen LogP contribution >= 0.6 is 0 Å². The first kappa shape index (κ1) is 17.8. The van der Waals surface area contributed by atoms with Crippen LogP contribution in [-0.2, 0) is 9.59 Å². The van der Waals surface area contributed by atoms with Crippen molar-refractivity contribution in [1.29, 1.82) is 0 Å². The van der Waals surface area contributed by atoms with Crippen molar-refractivity contribution in [3.63, 3.8) is 0 Å². The summed E-state index contributed by atoms with van der Waals surface area (Å²) in [5.41, 5.74) is 0.477. The van der Waals surface area contributed by atoms with Crippen LogP contribution in [0.25, 0.3) is 0 Å². The summed E-state index contributed by atoms with van der Waals surface area (Å²) in [6, 6.07) is 0. The van der Waals surface area contributed by atoms with Gasteiger partial charge in [0, 0.05) is 34.8 Å². The van der Waals surface area contributed by atoms with Crippen molar-refractivity contribution in [3.8, 4) is 0 Å². The fourth-order valence-corrected chi connectivity index (χ4v) is 5.77. The minimum Gasteiger partial charge on any atom is -0.394 e. The maximum atomic E-state index is 13.1. The maximum absolute atomic E-state index is 13.1. The molecule has 3 rings (SSSR count). The van der Waals surface area contributed by atoms with Crippen molar-refractivity contribution in [3.05, 3.63) is 11.1 Å². The smallest absolute Gasteiger partial charge is 0.160 e. The molecule has 0 bridgehead atoms. The van der Waals surface area contributed by atoms with Gasteiger partial charge in [-0.25, -0.2) is 0 Å². The van der Waals surface area contributed by atoms with Crippen LogP contribution in [0.1, 0.15) is 66.2 Å². The van der Waals surface area contributed by atoms with Gasteiger partial charge in [0.25, 0.3) is 0 Å². The number of Topliss-reactive ketones (excluding diaryl/α,β-unsaturated/α-hetero) is 2. The van der Waals surface area contributed by atoms with Crippen LogP contribution in [0.15, 0.2) is 11.1 Å². The number of carbonyl (C=O) groups excluding carboxylic acids is 2. The first-order chi connectivity index (χ1) is 11.0. The first-order valence-electron chi connectivity index (χ1n) is 9.14. The maximum Gasteiger partial charge on any atom is 0.160 e. The van der Waals surface area contributed by atoms with Crippen LogP contribution in [-0.4, -0.2) is 34.5 Å². The summed E-state index contributed by atoms with van der Waals surface area (Å²) in [6.07, 6.45) is 3.27. The third-order valence-corrected chi connectivity index (χ3v) is 7.23. The number of allylic oxidation sites excluding steroid dienone is 2. The van der Waals surface area contributed by atoms with E-state index in [1.807, 2.05) is 6.92 Å². The molecule has 134 valence electrons. The number of hydrogen-bond acceptors (Lipinski definition) is 4. The number of hydrogen-bond donors (Lipinski definition) is 2. The Morgan fingerprint density at radius 2 is 1.75 bits per heavy atom. The standard InChI is InChI=1S/C20H30O4/c1-18(2)6-5-7-20(4)15(18)8-13(22)12-9-19(3,16(24)11-21)10-14(23)17(12)20/h15-16,21,24H,5-11H2,1-4H3/t15-,16+,19-,20-/m0/s1. The van der Waals surface area contributed by atoms with Crippen LogP contribution in [0.4, 0.5) is 0 Å². The van der Waals surface area contributed by atoms with E-state index in [2.05, 4.69) is 20.8 Å². The lowest BCUT2D eigenvalue weighted by molar-refractivity contribution is -0.132. The van der Waals surface area contributed by atoms with E-state index < -0.39 is 11.5 Å². The molecule has 0 amide bonds. The minimum absolute atomic E-state index is 0.00417. The molecule has 0 spiro atoms. The monoisotopic (exact) mass is 334 g/mol. The Morgan fingerprint density at radius 1 is 1.08 bits per heavy atom. The van der Waals surface area contributed by atoms with Gasteiger partial charge in [-0.15, -0.1) is 0 Å². The van der Waals surface area contributed by atoms with Gasteiger partial charge < -0.3 is 10.2 Å². The first-order valence-corrected chi connectivity index (χ1v) is 9.14. The lowest BCUT2D eigenvalue weighted by Crippen LogP contribution is -2.52. The Kier molecular flexibility index (Phi) is 4.08. The Hall–Kier alpha value is -1.00. The van der Waals surface area contributed by atoms with Crippen LogP contribution in [0.5, 0.6) is 0 Å². The number of fused-ring (bicyclic) bond motifs is 2. The van der Waals surface area contributed by atoms with E-state index in [4.69, 9.17) is 0 Å². The zero-order chi connectivity index (χ0) is 17.9. The highest BCUT2D eigenvalue weighted by molar-refractivity contribution is 6.10. The van der Waals surface area contributed by atoms with Gasteiger partial charge in [-0.2, -0.15) is 0 Å². The van der Waals surface area contributed by atoms with E-state index in [-0.39, 0.29) is 41.3 Å². The molecular weight excluding hydrogens is 304 g/mol. The van der Waals surface area contributed by atoms with Gasteiger partial charge in [-0.05, 0) is 30.6 Å². The van der Waals surface area contributed by atoms with E-state index in [0.717, 1.165) is 24.8 Å². The van der Waals surface area contributed by atoms with Gasteiger partial charge >= 0.3 is 0 Å². The molecule has 1 fully saturated rings. The van der Waals surface area contributed by atoms with Gasteiger partial charge in [-0.3, -0.25) is 9.59 Å². The highest BCUT2D eigenvalue weighted by Crippen LogP contribution is 2.61. The summed E-state index contributed by atoms with van der Waals surface area (Å²) in [7, 11) is 0. The summed E-state index contributed by atoms with van der Waals surface area (Å²) in [5, 5.41) is 19.5.